The molecule has 0 aromatic heterocycles. The Bertz CT molecular complexity index is 817. The van der Waals surface area contributed by atoms with E-state index in [0.29, 0.717) is 5.47 Å². The van der Waals surface area contributed by atoms with E-state index >= 15 is 0 Å². The fourth-order valence-electron chi connectivity index (χ4n) is 2.79. The molecular formula is C21H30BF2NO5. The first-order chi connectivity index (χ1) is 13.6. The fraction of sp³-hybridized carbons (Fsp3) is 0.571. The van der Waals surface area contributed by atoms with Crippen LogP contribution in [0.15, 0.2) is 17.6 Å². The summed E-state index contributed by atoms with van der Waals surface area (Å²) in [5, 5.41) is 2.64. The van der Waals surface area contributed by atoms with Gasteiger partial charge in [-0.1, -0.05) is 6.08 Å². The second-order valence-corrected chi connectivity index (χ2v) is 9.17. The van der Waals surface area contributed by atoms with E-state index in [2.05, 4.69) is 5.32 Å². The minimum Gasteiger partial charge on any atom is -0.493 e. The summed E-state index contributed by atoms with van der Waals surface area (Å²) < 4.78 is 50.4. The van der Waals surface area contributed by atoms with Crippen molar-refractivity contribution in [3.05, 3.63) is 34.8 Å². The molecule has 0 aliphatic carbocycles. The van der Waals surface area contributed by atoms with Crippen LogP contribution in [-0.4, -0.2) is 43.7 Å². The Hall–Kier alpha value is -2.13. The van der Waals surface area contributed by atoms with Gasteiger partial charge in [0.15, 0.2) is 11.6 Å². The van der Waals surface area contributed by atoms with Crippen molar-refractivity contribution in [2.45, 2.75) is 65.3 Å². The maximum absolute atomic E-state index is 14.1. The molecular weight excluding hydrogens is 395 g/mol. The molecule has 0 unspecified atom stereocenters. The van der Waals surface area contributed by atoms with Crippen LogP contribution in [0.5, 0.6) is 5.75 Å². The SMILES string of the molecule is COc1c(F)cc(F)cc1C=C(CNC(=O)OC(C)(C)C)B1OC(C)(C)C(C)(C)O1. The Morgan fingerprint density at radius 2 is 1.73 bits per heavy atom. The molecule has 0 saturated carbocycles. The minimum absolute atomic E-state index is 0.0208. The van der Waals surface area contributed by atoms with Gasteiger partial charge in [0.05, 0.1) is 18.3 Å². The van der Waals surface area contributed by atoms with Crippen LogP contribution in [0.1, 0.15) is 54.0 Å². The highest BCUT2D eigenvalue weighted by Crippen LogP contribution is 2.39. The lowest BCUT2D eigenvalue weighted by Crippen LogP contribution is -2.41. The molecule has 30 heavy (non-hydrogen) atoms. The summed E-state index contributed by atoms with van der Waals surface area (Å²) >= 11 is 0. The minimum atomic E-state index is -0.846. The van der Waals surface area contributed by atoms with E-state index in [4.69, 9.17) is 18.8 Å². The first kappa shape index (κ1) is 24.1. The Balaban J connectivity index is 2.40. The predicted octanol–water partition coefficient (Wildman–Crippen LogP) is 4.51. The highest BCUT2D eigenvalue weighted by molar-refractivity contribution is 6.56. The molecule has 6 nitrogen and oxygen atoms in total. The average Bonchev–Trinajstić information content (AvgIpc) is 2.77. The standard InChI is InChI=1S/C21H30BF2NO5/c1-19(2,3)28-18(26)25-12-14(22-29-20(4,5)21(6,7)30-22)9-13-10-15(23)11-16(24)17(13)27-8/h9-11H,12H2,1-8H3,(H,25,26). The maximum atomic E-state index is 14.1. The van der Waals surface area contributed by atoms with Crippen molar-refractivity contribution in [1.29, 1.82) is 0 Å². The Morgan fingerprint density at radius 1 is 1.17 bits per heavy atom. The van der Waals surface area contributed by atoms with Gasteiger partial charge in [0, 0.05) is 18.2 Å². The van der Waals surface area contributed by atoms with Gasteiger partial charge >= 0.3 is 13.2 Å². The molecule has 0 spiro atoms. The highest BCUT2D eigenvalue weighted by Gasteiger charge is 2.52. The van der Waals surface area contributed by atoms with Crippen molar-refractivity contribution in [3.63, 3.8) is 0 Å². The molecule has 1 N–H and O–H groups in total. The van der Waals surface area contributed by atoms with Gasteiger partial charge in [0.2, 0.25) is 0 Å². The van der Waals surface area contributed by atoms with Gasteiger partial charge in [-0.25, -0.2) is 13.6 Å². The van der Waals surface area contributed by atoms with Crippen LogP contribution >= 0.6 is 0 Å². The van der Waals surface area contributed by atoms with Crippen molar-refractivity contribution >= 4 is 19.3 Å². The van der Waals surface area contributed by atoms with Gasteiger partial charge in [0.25, 0.3) is 0 Å². The molecule has 1 aromatic carbocycles. The normalized spacial score (nSPS) is 18.3. The van der Waals surface area contributed by atoms with E-state index in [1.807, 2.05) is 27.7 Å². The molecule has 1 aliphatic rings. The summed E-state index contributed by atoms with van der Waals surface area (Å²) in [4.78, 5) is 12.1. The number of ether oxygens (including phenoxy) is 2. The van der Waals surface area contributed by atoms with Crippen LogP contribution in [0, 0.1) is 11.6 Å². The molecule has 1 fully saturated rings. The zero-order valence-corrected chi connectivity index (χ0v) is 18.8. The quantitative estimate of drug-likeness (QED) is 0.704. The zero-order chi connectivity index (χ0) is 22.9. The first-order valence-electron chi connectivity index (χ1n) is 9.71. The number of benzene rings is 1. The summed E-state index contributed by atoms with van der Waals surface area (Å²) in [6, 6.07) is 1.88. The maximum Gasteiger partial charge on any atom is 0.492 e. The number of hydrogen-bond acceptors (Lipinski definition) is 5. The van der Waals surface area contributed by atoms with Crippen molar-refractivity contribution < 1.29 is 32.4 Å². The summed E-state index contributed by atoms with van der Waals surface area (Å²) in [5.41, 5.74) is -1.35. The zero-order valence-electron chi connectivity index (χ0n) is 18.8. The predicted molar refractivity (Wildman–Crippen MR) is 111 cm³/mol. The Kier molecular flexibility index (Phi) is 6.88. The van der Waals surface area contributed by atoms with Crippen molar-refractivity contribution in [3.8, 4) is 5.75 Å². The third kappa shape index (κ3) is 5.73. The second kappa shape index (κ2) is 8.55. The molecule has 1 aliphatic heterocycles. The molecule has 0 bridgehead atoms. The number of amides is 1. The van der Waals surface area contributed by atoms with Gasteiger partial charge in [-0.2, -0.15) is 0 Å². The van der Waals surface area contributed by atoms with Gasteiger partial charge in [-0.05, 0) is 60.0 Å². The largest absolute Gasteiger partial charge is 0.493 e. The highest BCUT2D eigenvalue weighted by atomic mass is 19.1. The van der Waals surface area contributed by atoms with Crippen LogP contribution in [-0.2, 0) is 14.0 Å². The monoisotopic (exact) mass is 425 g/mol. The number of methoxy groups -OCH3 is 1. The van der Waals surface area contributed by atoms with Gasteiger partial charge in [0.1, 0.15) is 11.4 Å². The lowest BCUT2D eigenvalue weighted by Gasteiger charge is -2.32. The topological polar surface area (TPSA) is 66.0 Å². The van der Waals surface area contributed by atoms with Crippen LogP contribution in [0.2, 0.25) is 0 Å². The van der Waals surface area contributed by atoms with E-state index in [1.165, 1.54) is 13.2 Å². The molecule has 1 saturated heterocycles. The smallest absolute Gasteiger partial charge is 0.492 e. The molecule has 0 atom stereocenters. The number of rotatable bonds is 5. The third-order valence-corrected chi connectivity index (χ3v) is 4.97. The van der Waals surface area contributed by atoms with Gasteiger partial charge in [-0.15, -0.1) is 0 Å². The molecule has 1 amide bonds. The molecule has 166 valence electrons. The summed E-state index contributed by atoms with van der Waals surface area (Å²) in [7, 11) is 0.446. The number of halogens is 2. The first-order valence-corrected chi connectivity index (χ1v) is 9.71. The average molecular weight is 425 g/mol. The van der Waals surface area contributed by atoms with E-state index in [-0.39, 0.29) is 17.9 Å². The van der Waals surface area contributed by atoms with E-state index < -0.39 is 41.6 Å². The van der Waals surface area contributed by atoms with Crippen LogP contribution in [0.4, 0.5) is 13.6 Å². The number of alkyl carbamates (subject to hydrolysis) is 1. The lowest BCUT2D eigenvalue weighted by atomic mass is 9.77. The molecule has 0 radical (unpaired) electrons. The number of carbonyl (C=O) groups is 1. The van der Waals surface area contributed by atoms with Gasteiger partial charge in [-0.3, -0.25) is 0 Å². The number of carbonyl (C=O) groups excluding carboxylic acids is 1. The summed E-state index contributed by atoms with van der Waals surface area (Å²) in [5.74, 6) is -1.72. The Morgan fingerprint density at radius 3 is 2.23 bits per heavy atom. The van der Waals surface area contributed by atoms with Crippen LogP contribution in [0.3, 0.4) is 0 Å². The fourth-order valence-corrected chi connectivity index (χ4v) is 2.79. The number of nitrogens with one attached hydrogen (secondary N) is 1. The number of hydrogen-bond donors (Lipinski definition) is 1. The van der Waals surface area contributed by atoms with Crippen LogP contribution < -0.4 is 10.1 Å². The van der Waals surface area contributed by atoms with E-state index in [1.54, 1.807) is 20.8 Å². The van der Waals surface area contributed by atoms with Crippen molar-refractivity contribution in [2.24, 2.45) is 0 Å². The van der Waals surface area contributed by atoms with Crippen LogP contribution in [0.25, 0.3) is 6.08 Å². The van der Waals surface area contributed by atoms with Gasteiger partial charge < -0.3 is 24.1 Å². The second-order valence-electron chi connectivity index (χ2n) is 9.17. The Labute approximate surface area is 177 Å². The van der Waals surface area contributed by atoms with E-state index in [0.717, 1.165) is 12.1 Å². The summed E-state index contributed by atoms with van der Waals surface area (Å²) in [6.07, 6.45) is 0.854. The molecule has 9 heteroatoms. The summed E-state index contributed by atoms with van der Waals surface area (Å²) in [6.45, 7) is 12.8. The van der Waals surface area contributed by atoms with Crippen molar-refractivity contribution in [1.82, 2.24) is 5.32 Å². The van der Waals surface area contributed by atoms with E-state index in [9.17, 15) is 13.6 Å². The van der Waals surface area contributed by atoms with Crippen molar-refractivity contribution in [2.75, 3.05) is 13.7 Å². The molecule has 1 aromatic rings. The lowest BCUT2D eigenvalue weighted by molar-refractivity contribution is 0.00578. The molecule has 2 rings (SSSR count). The third-order valence-electron chi connectivity index (χ3n) is 4.97. The molecule has 1 heterocycles.